The lowest BCUT2D eigenvalue weighted by molar-refractivity contribution is -0.110. The van der Waals surface area contributed by atoms with Gasteiger partial charge in [0.05, 0.1) is 17.7 Å². The predicted molar refractivity (Wildman–Crippen MR) is 43.3 cm³/mol. The van der Waals surface area contributed by atoms with Gasteiger partial charge >= 0.3 is 0 Å². The highest BCUT2D eigenvalue weighted by Gasteiger charge is 2.48. The molecule has 3 heteroatoms. The topological polar surface area (TPSA) is 55.5 Å². The molecule has 1 atom stereocenters. The zero-order valence-corrected chi connectivity index (χ0v) is 7.26. The molecule has 0 aromatic heterocycles. The summed E-state index contributed by atoms with van der Waals surface area (Å²) >= 11 is 0. The number of rotatable bonds is 3. The largest absolute Gasteiger partial charge is 0.388 e. The van der Waals surface area contributed by atoms with Crippen molar-refractivity contribution in [3.63, 3.8) is 0 Å². The van der Waals surface area contributed by atoms with Crippen LogP contribution in [0, 0.1) is 0 Å². The molecule has 0 amide bonds. The van der Waals surface area contributed by atoms with Gasteiger partial charge in [-0.2, -0.15) is 0 Å². The van der Waals surface area contributed by atoms with Crippen LogP contribution in [0.1, 0.15) is 26.2 Å². The second kappa shape index (κ2) is 2.73. The highest BCUT2D eigenvalue weighted by atomic mass is 16.5. The third kappa shape index (κ3) is 1.41. The van der Waals surface area contributed by atoms with Gasteiger partial charge in [-0.25, -0.2) is 0 Å². The van der Waals surface area contributed by atoms with E-state index in [-0.39, 0.29) is 0 Å². The molecule has 0 aromatic carbocycles. The molecule has 1 saturated carbocycles. The molecule has 3 N–H and O–H groups in total. The van der Waals surface area contributed by atoms with Gasteiger partial charge in [-0.05, 0) is 26.2 Å². The maximum absolute atomic E-state index is 9.86. The van der Waals surface area contributed by atoms with Crippen LogP contribution < -0.4 is 5.73 Å². The first-order chi connectivity index (χ1) is 5.02. The molecule has 0 saturated heterocycles. The van der Waals surface area contributed by atoms with E-state index in [1.165, 1.54) is 0 Å². The van der Waals surface area contributed by atoms with Gasteiger partial charge in [0, 0.05) is 7.11 Å². The third-order valence-electron chi connectivity index (χ3n) is 2.69. The highest BCUT2D eigenvalue weighted by Crippen LogP contribution is 2.39. The van der Waals surface area contributed by atoms with Crippen molar-refractivity contribution < 1.29 is 9.84 Å². The van der Waals surface area contributed by atoms with Crippen LogP contribution in [0.4, 0.5) is 0 Å². The molecule has 0 aliphatic heterocycles. The Hall–Kier alpha value is -0.120. The lowest BCUT2D eigenvalue weighted by Crippen LogP contribution is -2.64. The smallest absolute Gasteiger partial charge is 0.0846 e. The highest BCUT2D eigenvalue weighted by molar-refractivity contribution is 5.05. The first-order valence-corrected chi connectivity index (χ1v) is 4.02. The van der Waals surface area contributed by atoms with E-state index in [2.05, 4.69) is 0 Å². The monoisotopic (exact) mass is 159 g/mol. The average molecular weight is 159 g/mol. The Bertz CT molecular complexity index is 141. The van der Waals surface area contributed by atoms with Gasteiger partial charge in [0.15, 0.2) is 0 Å². The molecule has 1 rings (SSSR count). The number of nitrogens with two attached hydrogens (primary N) is 1. The van der Waals surface area contributed by atoms with Crippen molar-refractivity contribution >= 4 is 0 Å². The summed E-state index contributed by atoms with van der Waals surface area (Å²) in [4.78, 5) is 0. The maximum atomic E-state index is 9.86. The second-order valence-electron chi connectivity index (χ2n) is 3.74. The summed E-state index contributed by atoms with van der Waals surface area (Å²) in [7, 11) is 1.60. The molecule has 0 radical (unpaired) electrons. The number of aliphatic hydroxyl groups is 1. The minimum Gasteiger partial charge on any atom is -0.388 e. The van der Waals surface area contributed by atoms with Gasteiger partial charge in [0.1, 0.15) is 0 Å². The molecular weight excluding hydrogens is 142 g/mol. The summed E-state index contributed by atoms with van der Waals surface area (Å²) < 4.78 is 4.94. The third-order valence-corrected chi connectivity index (χ3v) is 2.69. The van der Waals surface area contributed by atoms with E-state index >= 15 is 0 Å². The molecule has 1 unspecified atom stereocenters. The minimum atomic E-state index is -0.678. The van der Waals surface area contributed by atoms with Crippen LogP contribution in [0.25, 0.3) is 0 Å². The zero-order valence-electron chi connectivity index (χ0n) is 7.26. The second-order valence-corrected chi connectivity index (χ2v) is 3.74. The molecule has 1 aliphatic carbocycles. The van der Waals surface area contributed by atoms with Gasteiger partial charge < -0.3 is 15.6 Å². The Kier molecular flexibility index (Phi) is 2.23. The molecule has 0 aromatic rings. The van der Waals surface area contributed by atoms with Crippen LogP contribution in [-0.2, 0) is 4.74 Å². The van der Waals surface area contributed by atoms with Crippen LogP contribution in [0.15, 0.2) is 0 Å². The van der Waals surface area contributed by atoms with Crippen molar-refractivity contribution in [2.24, 2.45) is 5.73 Å². The van der Waals surface area contributed by atoms with E-state index in [1.54, 1.807) is 7.11 Å². The number of hydrogen-bond donors (Lipinski definition) is 2. The lowest BCUT2D eigenvalue weighted by Gasteiger charge is -2.48. The molecule has 0 heterocycles. The standard InChI is InChI=1S/C8H17NO2/c1-7(9,6-11-2)8(10)4-3-5-8/h10H,3-6,9H2,1-2H3. The molecule has 11 heavy (non-hydrogen) atoms. The number of ether oxygens (including phenoxy) is 1. The Morgan fingerprint density at radius 2 is 2.18 bits per heavy atom. The summed E-state index contributed by atoms with van der Waals surface area (Å²) in [5, 5.41) is 9.86. The zero-order chi connectivity index (χ0) is 8.54. The first-order valence-electron chi connectivity index (χ1n) is 4.02. The number of methoxy groups -OCH3 is 1. The van der Waals surface area contributed by atoms with Gasteiger partial charge in [-0.15, -0.1) is 0 Å². The lowest BCUT2D eigenvalue weighted by atomic mass is 9.68. The fraction of sp³-hybridized carbons (Fsp3) is 1.00. The minimum absolute atomic E-state index is 0.420. The van der Waals surface area contributed by atoms with Crippen LogP contribution in [0.2, 0.25) is 0 Å². The quantitative estimate of drug-likeness (QED) is 0.621. The van der Waals surface area contributed by atoms with E-state index in [0.29, 0.717) is 6.61 Å². The van der Waals surface area contributed by atoms with Crippen molar-refractivity contribution in [1.29, 1.82) is 0 Å². The van der Waals surface area contributed by atoms with Crippen molar-refractivity contribution in [3.8, 4) is 0 Å². The summed E-state index contributed by atoms with van der Waals surface area (Å²) in [6, 6.07) is 0. The fourth-order valence-electron chi connectivity index (χ4n) is 1.52. The first kappa shape index (κ1) is 8.97. The van der Waals surface area contributed by atoms with Crippen LogP contribution in [-0.4, -0.2) is 30.0 Å². The Labute approximate surface area is 67.5 Å². The van der Waals surface area contributed by atoms with E-state index in [9.17, 15) is 5.11 Å². The van der Waals surface area contributed by atoms with Crippen LogP contribution >= 0.6 is 0 Å². The molecule has 3 nitrogen and oxygen atoms in total. The van der Waals surface area contributed by atoms with Crippen molar-refractivity contribution in [2.75, 3.05) is 13.7 Å². The SMILES string of the molecule is COCC(C)(N)C1(O)CCC1. The molecule has 1 aliphatic rings. The number of hydrogen-bond acceptors (Lipinski definition) is 3. The molecule has 0 spiro atoms. The summed E-state index contributed by atoms with van der Waals surface area (Å²) in [6.07, 6.45) is 2.69. The van der Waals surface area contributed by atoms with Gasteiger partial charge in [-0.3, -0.25) is 0 Å². The maximum Gasteiger partial charge on any atom is 0.0846 e. The summed E-state index contributed by atoms with van der Waals surface area (Å²) in [6.45, 7) is 2.26. The molecule has 0 bridgehead atoms. The normalized spacial score (nSPS) is 27.3. The van der Waals surface area contributed by atoms with Gasteiger partial charge in [-0.1, -0.05) is 0 Å². The Balaban J connectivity index is 2.55. The van der Waals surface area contributed by atoms with Crippen LogP contribution in [0.3, 0.4) is 0 Å². The molecule has 1 fully saturated rings. The van der Waals surface area contributed by atoms with Gasteiger partial charge in [0.25, 0.3) is 0 Å². The average Bonchev–Trinajstić information content (AvgIpc) is 1.82. The van der Waals surface area contributed by atoms with Gasteiger partial charge in [0.2, 0.25) is 0 Å². The Morgan fingerprint density at radius 3 is 2.45 bits per heavy atom. The van der Waals surface area contributed by atoms with Crippen molar-refractivity contribution in [1.82, 2.24) is 0 Å². The summed E-state index contributed by atoms with van der Waals surface area (Å²) in [5.74, 6) is 0. The van der Waals surface area contributed by atoms with Crippen molar-refractivity contribution in [3.05, 3.63) is 0 Å². The summed E-state index contributed by atoms with van der Waals surface area (Å²) in [5.41, 5.74) is 4.63. The van der Waals surface area contributed by atoms with E-state index < -0.39 is 11.1 Å². The van der Waals surface area contributed by atoms with Crippen molar-refractivity contribution in [2.45, 2.75) is 37.3 Å². The van der Waals surface area contributed by atoms with Crippen LogP contribution in [0.5, 0.6) is 0 Å². The van der Waals surface area contributed by atoms with E-state index in [4.69, 9.17) is 10.5 Å². The predicted octanol–water partition coefficient (Wildman–Crippen LogP) is 0.265. The fourth-order valence-corrected chi connectivity index (χ4v) is 1.52. The molecular formula is C8H17NO2. The Morgan fingerprint density at radius 1 is 1.64 bits per heavy atom. The van der Waals surface area contributed by atoms with E-state index in [0.717, 1.165) is 19.3 Å². The molecule has 66 valence electrons. The van der Waals surface area contributed by atoms with E-state index in [1.807, 2.05) is 6.92 Å².